The first-order chi connectivity index (χ1) is 51.0. The fraction of sp³-hybridized carbons (Fsp3) is 0.586. The van der Waals surface area contributed by atoms with Gasteiger partial charge in [-0.2, -0.15) is 29.8 Å². The summed E-state index contributed by atoms with van der Waals surface area (Å²) < 4.78 is 113. The molecule has 108 heavy (non-hydrogen) atoms. The Morgan fingerprint density at radius 3 is 2.08 bits per heavy atom. The van der Waals surface area contributed by atoms with E-state index >= 15 is 0 Å². The molecule has 1 saturated heterocycles. The molecule has 0 bridgehead atoms. The monoisotopic (exact) mass is 1590 g/mol. The van der Waals surface area contributed by atoms with Gasteiger partial charge in [0, 0.05) is 136 Å². The number of thioether (sulfide) groups is 1. The molecule has 0 saturated carbocycles. The summed E-state index contributed by atoms with van der Waals surface area (Å²) in [7, 11) is -13.0. The van der Waals surface area contributed by atoms with Crippen molar-refractivity contribution in [2.75, 3.05) is 107 Å². The summed E-state index contributed by atoms with van der Waals surface area (Å²) >= 11 is 1.01. The molecule has 0 spiro atoms. The van der Waals surface area contributed by atoms with Crippen molar-refractivity contribution in [2.45, 2.75) is 157 Å². The van der Waals surface area contributed by atoms with Crippen LogP contribution in [0.1, 0.15) is 140 Å². The Morgan fingerprint density at radius 1 is 0.731 bits per heavy atom. The van der Waals surface area contributed by atoms with Crippen LogP contribution in [0.25, 0.3) is 10.4 Å². The summed E-state index contributed by atoms with van der Waals surface area (Å²) in [4.78, 5) is 133. The Hall–Kier alpha value is -8.30. The second-order valence-electron chi connectivity index (χ2n) is 27.0. The second-order valence-corrected chi connectivity index (χ2v) is 32.8. The quantitative estimate of drug-likeness (QED) is 0.00663. The first kappa shape index (κ1) is 90.3. The minimum Gasteiger partial charge on any atom is -0.379 e. The van der Waals surface area contributed by atoms with Gasteiger partial charge in [0.05, 0.1) is 72.5 Å². The van der Waals surface area contributed by atoms with Crippen LogP contribution in [0.15, 0.2) is 82.5 Å². The van der Waals surface area contributed by atoms with Crippen LogP contribution in [-0.2, 0) is 98.6 Å². The summed E-state index contributed by atoms with van der Waals surface area (Å²) in [5, 5.41) is 15.6. The molecular weight excluding hydrogens is 1490 g/mol. The highest BCUT2D eigenvalue weighted by molar-refractivity contribution is 8.00. The van der Waals surface area contributed by atoms with Crippen LogP contribution in [0.5, 0.6) is 0 Å². The lowest BCUT2D eigenvalue weighted by Gasteiger charge is -2.30. The van der Waals surface area contributed by atoms with Gasteiger partial charge in [0.1, 0.15) is 18.4 Å². The molecule has 4 unspecified atom stereocenters. The summed E-state index contributed by atoms with van der Waals surface area (Å²) in [6.45, 7) is 7.89. The maximum absolute atomic E-state index is 13.9. The summed E-state index contributed by atoms with van der Waals surface area (Å²) in [6.07, 6.45) is 11.1. The number of rotatable bonds is 52. The number of imide groups is 1. The fourth-order valence-corrected chi connectivity index (χ4v) is 15.5. The van der Waals surface area contributed by atoms with Crippen molar-refractivity contribution in [3.8, 4) is 0 Å². The van der Waals surface area contributed by atoms with E-state index in [9.17, 15) is 86.9 Å². The molecule has 596 valence electrons. The number of nitrogens with zero attached hydrogens (tertiary/aromatic N) is 6. The number of allylic oxidation sites excluding steroid dienone is 6. The zero-order valence-corrected chi connectivity index (χ0v) is 64.6. The molecule has 1 fully saturated rings. The number of carbonyl (C=O) groups excluding carboxylic acids is 10. The van der Waals surface area contributed by atoms with E-state index in [1.807, 2.05) is 55.7 Å². The number of hydrogen-bond acceptors (Lipinski definition) is 22. The van der Waals surface area contributed by atoms with E-state index < -0.39 is 117 Å². The number of likely N-dealkylation sites (tertiary alicyclic amines) is 1. The highest BCUT2D eigenvalue weighted by atomic mass is 32.2. The average molecular weight is 1590 g/mol. The van der Waals surface area contributed by atoms with E-state index in [0.29, 0.717) is 62.9 Å². The molecule has 5 rings (SSSR count). The minimum absolute atomic E-state index is 0.0117. The molecule has 3 aliphatic rings. The Kier molecular flexibility index (Phi) is 36.6. The predicted octanol–water partition coefficient (Wildman–Crippen LogP) is 3.37. The van der Waals surface area contributed by atoms with E-state index in [0.717, 1.165) is 44.9 Å². The average Bonchev–Trinajstić information content (AvgIpc) is 1.59. The van der Waals surface area contributed by atoms with E-state index in [4.69, 9.17) is 26.5 Å². The Bertz CT molecular complexity index is 4110. The number of nitrogens with two attached hydrogens (primary N) is 2. The Labute approximate surface area is 634 Å². The predicted molar refractivity (Wildman–Crippen MR) is 402 cm³/mol. The number of Topliss-reactive ketones (excluding diaryl/α,β-unsaturated/α-hetero) is 2. The molecule has 3 aliphatic heterocycles. The van der Waals surface area contributed by atoms with Crippen LogP contribution < -0.4 is 43.0 Å². The third kappa shape index (κ3) is 29.9. The molecule has 0 radical (unpaired) electrons. The van der Waals surface area contributed by atoms with E-state index in [1.54, 1.807) is 18.2 Å². The lowest BCUT2D eigenvalue weighted by molar-refractivity contribution is -0.438. The zero-order valence-electron chi connectivity index (χ0n) is 61.4. The summed E-state index contributed by atoms with van der Waals surface area (Å²) in [5.74, 6) is -7.05. The number of amides is 8. The molecule has 34 nitrogen and oxygen atoms in total. The summed E-state index contributed by atoms with van der Waals surface area (Å²) in [6, 6.07) is 9.34. The summed E-state index contributed by atoms with van der Waals surface area (Å²) in [5.41, 5.74) is 23.3. The lowest BCUT2D eigenvalue weighted by Crippen LogP contribution is -2.44. The number of anilines is 1. The molecule has 3 heterocycles. The second kappa shape index (κ2) is 43.8. The van der Waals surface area contributed by atoms with Crippen molar-refractivity contribution in [1.29, 1.82) is 0 Å². The van der Waals surface area contributed by atoms with Crippen LogP contribution in [0.3, 0.4) is 0 Å². The number of nitrogens with one attached hydrogen (secondary N) is 5. The number of ketones is 2. The number of hydrogen-bond donors (Lipinski definition) is 10. The third-order valence-electron chi connectivity index (χ3n) is 18.3. The number of primary amides is 1. The maximum atomic E-state index is 13.9. The Morgan fingerprint density at radius 2 is 1.41 bits per heavy atom. The van der Waals surface area contributed by atoms with Crippen molar-refractivity contribution < 1.29 is 101 Å². The number of unbranched alkanes of at least 4 members (excludes halogenated alkanes) is 3. The minimum atomic E-state index is -4.56. The molecule has 2 aromatic rings. The number of benzene rings is 2. The van der Waals surface area contributed by atoms with Gasteiger partial charge in [-0.05, 0) is 108 Å². The van der Waals surface area contributed by atoms with Crippen molar-refractivity contribution in [3.63, 3.8) is 0 Å². The fourth-order valence-electron chi connectivity index (χ4n) is 12.6. The smallest absolute Gasteiger partial charge is 0.294 e. The number of carbonyl (C=O) groups is 10. The first-order valence-electron chi connectivity index (χ1n) is 35.6. The van der Waals surface area contributed by atoms with E-state index in [-0.39, 0.29) is 159 Å². The topological polar surface area (TPSA) is 523 Å². The number of aryl methyl sites for hydroxylation is 1. The van der Waals surface area contributed by atoms with Gasteiger partial charge in [-0.1, -0.05) is 47.5 Å². The standard InChI is InChI=1S/C70H101N13O21S4/c1-48-18-21-57-54(41-48)70(4,60(82(57)33-11-13-40-107(97,98)99)17-7-5-6-16-59-69(2,3)53-43-52(108(100,101)102)20-22-56(53)81(59)32-10-12-39-106(94,95)96)27-14-28-74-62(87)24-34-83-65(90)44-58(68(83)93)105-47-49(42-50(84)25-35-103-37-30-75-61(86)23-19-51(85)46-77-64(89)45-71)67(92)76-31-38-104-36-26-63(88)79-55(66(72)91)15-8-9-29-78-80-73/h5-7,16-18,20-22,41,43,49,55,58H,8-15,19,23-40,42,44-47,71H2,1-4H3,(H9-,72,74,75,76,77,79,86,87,88,89,91,92,94,95,96,97,98,99,100,101,102)/p+1. The van der Waals surface area contributed by atoms with Gasteiger partial charge in [-0.15, -0.1) is 11.8 Å². The van der Waals surface area contributed by atoms with Crippen LogP contribution in [0.2, 0.25) is 0 Å². The third-order valence-corrected chi connectivity index (χ3v) is 22.1. The normalized spacial score (nSPS) is 17.2. The molecule has 4 atom stereocenters. The van der Waals surface area contributed by atoms with Crippen LogP contribution in [-0.4, -0.2) is 227 Å². The molecular formula is C70H102N13O21S4+. The van der Waals surface area contributed by atoms with Gasteiger partial charge < -0.3 is 52.4 Å². The first-order valence-corrected chi connectivity index (χ1v) is 41.3. The van der Waals surface area contributed by atoms with Gasteiger partial charge in [-0.25, -0.2) is 0 Å². The molecule has 0 aliphatic carbocycles. The lowest BCUT2D eigenvalue weighted by atomic mass is 9.77. The maximum Gasteiger partial charge on any atom is 0.294 e. The highest BCUT2D eigenvalue weighted by Crippen LogP contribution is 2.51. The zero-order chi connectivity index (χ0) is 79.8. The number of azide groups is 1. The van der Waals surface area contributed by atoms with Crippen molar-refractivity contribution in [1.82, 2.24) is 31.5 Å². The molecule has 38 heteroatoms. The van der Waals surface area contributed by atoms with Crippen molar-refractivity contribution in [3.05, 3.63) is 99.6 Å². The van der Waals surface area contributed by atoms with Crippen LogP contribution >= 0.6 is 11.8 Å². The SMILES string of the molecule is Cc1ccc2c(c1)C(C)(CCCNC(=O)CCN1C(=O)CC(SCC(CC(=O)CCOCCNC(=O)CCC(=O)CNC(=O)CN)C(=O)NCCOCCC(=O)NC(CCCCN=[N+]=[N-])C(N)=O)C1=O)C(=CC=CC=CC1=[N+](CCCCS(=O)(=O)O)c3ccc(S(=O)(=O)O)cc3C1(C)C)N2CCCCS(=O)(=O)O. The molecule has 12 N–H and O–H groups in total. The molecule has 2 aromatic carbocycles. The molecule has 0 aromatic heterocycles. The van der Waals surface area contributed by atoms with Gasteiger partial charge in [-0.3, -0.25) is 66.5 Å². The number of ether oxygens (including phenoxy) is 2. The van der Waals surface area contributed by atoms with Gasteiger partial charge in [0.25, 0.3) is 30.4 Å². The van der Waals surface area contributed by atoms with Crippen LogP contribution in [0, 0.1) is 12.8 Å². The van der Waals surface area contributed by atoms with Crippen LogP contribution in [0.4, 0.5) is 11.4 Å². The van der Waals surface area contributed by atoms with Crippen molar-refractivity contribution >= 4 is 118 Å². The Balaban J connectivity index is 1.21. The highest BCUT2D eigenvalue weighted by Gasteiger charge is 2.46. The van der Waals surface area contributed by atoms with E-state index in [2.05, 4.69) is 54.5 Å². The molecule has 8 amide bonds. The van der Waals surface area contributed by atoms with Gasteiger partial charge in [0.15, 0.2) is 11.5 Å². The largest absolute Gasteiger partial charge is 0.379 e. The van der Waals surface area contributed by atoms with Gasteiger partial charge in [0.2, 0.25) is 52.9 Å². The van der Waals surface area contributed by atoms with Gasteiger partial charge >= 0.3 is 0 Å². The van der Waals surface area contributed by atoms with E-state index in [1.165, 1.54) is 12.1 Å². The van der Waals surface area contributed by atoms with Crippen molar-refractivity contribution in [2.24, 2.45) is 22.5 Å². The number of fused-ring (bicyclic) bond motifs is 2.